The van der Waals surface area contributed by atoms with Gasteiger partial charge in [0.15, 0.2) is 0 Å². The van der Waals surface area contributed by atoms with Crippen LogP contribution in [0.25, 0.3) is 0 Å². The van der Waals surface area contributed by atoms with Crippen LogP contribution in [0.4, 0.5) is 0 Å². The third kappa shape index (κ3) is 2.40. The average Bonchev–Trinajstić information content (AvgIpc) is 2.18. The molecule has 0 aliphatic rings. The molecule has 0 aliphatic carbocycles. The smallest absolute Gasteiger partial charge is 0.136 e. The Morgan fingerprint density at radius 1 is 1.54 bits per heavy atom. The van der Waals surface area contributed by atoms with E-state index in [1.807, 2.05) is 18.2 Å². The molecule has 0 bridgehead atoms. The first-order chi connectivity index (χ1) is 6.31. The molecule has 0 aromatic heterocycles. The van der Waals surface area contributed by atoms with Crippen molar-refractivity contribution in [2.75, 3.05) is 12.9 Å². The third-order valence-electron chi connectivity index (χ3n) is 1.60. The predicted octanol–water partition coefficient (Wildman–Crippen LogP) is 2.68. The minimum atomic E-state index is 0.598. The summed E-state index contributed by atoms with van der Waals surface area (Å²) >= 11 is 1.72. The molecule has 3 heteroatoms. The first-order valence-corrected chi connectivity index (χ1v) is 5.01. The lowest BCUT2D eigenvalue weighted by atomic mass is 10.2. The van der Waals surface area contributed by atoms with Crippen LogP contribution in [0, 0.1) is 11.3 Å². The fraction of sp³-hybridized carbons (Fsp3) is 0.300. The summed E-state index contributed by atoms with van der Waals surface area (Å²) < 4.78 is 5.04. The Balaban J connectivity index is 3.00. The quantitative estimate of drug-likeness (QED) is 0.692. The highest BCUT2D eigenvalue weighted by molar-refractivity contribution is 7.99. The van der Waals surface area contributed by atoms with Crippen molar-refractivity contribution in [2.24, 2.45) is 0 Å². The van der Waals surface area contributed by atoms with Gasteiger partial charge < -0.3 is 4.74 Å². The molecule has 0 fully saturated rings. The van der Waals surface area contributed by atoms with E-state index in [0.29, 0.717) is 11.3 Å². The van der Waals surface area contributed by atoms with Crippen molar-refractivity contribution in [1.82, 2.24) is 0 Å². The molecule has 1 aromatic rings. The van der Waals surface area contributed by atoms with Gasteiger partial charge in [0, 0.05) is 4.90 Å². The lowest BCUT2D eigenvalue weighted by Gasteiger charge is -2.04. The van der Waals surface area contributed by atoms with Crippen molar-refractivity contribution in [2.45, 2.75) is 11.8 Å². The fourth-order valence-electron chi connectivity index (χ4n) is 1.03. The van der Waals surface area contributed by atoms with Crippen LogP contribution in [0.2, 0.25) is 0 Å². The van der Waals surface area contributed by atoms with Crippen LogP contribution < -0.4 is 4.74 Å². The molecular formula is C10H11NOS. The minimum absolute atomic E-state index is 0.598. The molecular weight excluding hydrogens is 182 g/mol. The summed E-state index contributed by atoms with van der Waals surface area (Å²) in [6, 6.07) is 7.76. The lowest BCUT2D eigenvalue weighted by molar-refractivity contribution is 0.413. The van der Waals surface area contributed by atoms with E-state index in [0.717, 1.165) is 10.6 Å². The molecule has 0 N–H and O–H groups in total. The molecule has 1 rings (SSSR count). The van der Waals surface area contributed by atoms with E-state index in [1.54, 1.807) is 18.9 Å². The topological polar surface area (TPSA) is 33.0 Å². The van der Waals surface area contributed by atoms with Gasteiger partial charge in [-0.2, -0.15) is 5.26 Å². The highest BCUT2D eigenvalue weighted by Gasteiger charge is 2.02. The van der Waals surface area contributed by atoms with Gasteiger partial charge in [0.1, 0.15) is 11.8 Å². The van der Waals surface area contributed by atoms with Crippen molar-refractivity contribution in [1.29, 1.82) is 5.26 Å². The maximum atomic E-state index is 8.80. The molecule has 0 atom stereocenters. The summed E-state index contributed by atoms with van der Waals surface area (Å²) in [7, 11) is 1.57. The molecule has 0 spiro atoms. The predicted molar refractivity (Wildman–Crippen MR) is 54.1 cm³/mol. The highest BCUT2D eigenvalue weighted by atomic mass is 32.2. The number of methoxy groups -OCH3 is 1. The first kappa shape index (κ1) is 9.94. The number of hydrogen-bond acceptors (Lipinski definition) is 3. The number of rotatable bonds is 3. The summed E-state index contributed by atoms with van der Waals surface area (Å²) in [5.41, 5.74) is 0.598. The van der Waals surface area contributed by atoms with Gasteiger partial charge in [-0.1, -0.05) is 6.92 Å². The molecule has 0 radical (unpaired) electrons. The summed E-state index contributed by atoms with van der Waals surface area (Å²) in [4.78, 5) is 1.11. The number of nitriles is 1. The van der Waals surface area contributed by atoms with Crippen LogP contribution in [0.1, 0.15) is 12.5 Å². The largest absolute Gasteiger partial charge is 0.495 e. The Morgan fingerprint density at radius 3 is 2.85 bits per heavy atom. The van der Waals surface area contributed by atoms with Crippen LogP contribution in [0.3, 0.4) is 0 Å². The normalized spacial score (nSPS) is 9.31. The average molecular weight is 193 g/mol. The zero-order valence-corrected chi connectivity index (χ0v) is 8.52. The van der Waals surface area contributed by atoms with E-state index in [-0.39, 0.29) is 0 Å². The standard InChI is InChI=1S/C10H11NOS/c1-3-13-9-4-5-10(12-2)8(6-9)7-11/h4-6H,3H2,1-2H3. The van der Waals surface area contributed by atoms with Crippen molar-refractivity contribution in [3.05, 3.63) is 23.8 Å². The van der Waals surface area contributed by atoms with Crippen molar-refractivity contribution < 1.29 is 4.74 Å². The van der Waals surface area contributed by atoms with Gasteiger partial charge in [0.25, 0.3) is 0 Å². The third-order valence-corrected chi connectivity index (χ3v) is 2.48. The molecule has 1 aromatic carbocycles. The van der Waals surface area contributed by atoms with E-state index >= 15 is 0 Å². The maximum Gasteiger partial charge on any atom is 0.136 e. The zero-order chi connectivity index (χ0) is 9.68. The summed E-state index contributed by atoms with van der Waals surface area (Å²) in [6.07, 6.45) is 0. The molecule has 0 saturated heterocycles. The molecule has 0 unspecified atom stereocenters. The SMILES string of the molecule is CCSc1ccc(OC)c(C#N)c1. The van der Waals surface area contributed by atoms with Crippen molar-refractivity contribution >= 4 is 11.8 Å². The summed E-state index contributed by atoms with van der Waals surface area (Å²) in [5, 5.41) is 8.80. The fourth-order valence-corrected chi connectivity index (χ4v) is 1.73. The van der Waals surface area contributed by atoms with Crippen molar-refractivity contribution in [3.63, 3.8) is 0 Å². The monoisotopic (exact) mass is 193 g/mol. The molecule has 13 heavy (non-hydrogen) atoms. The molecule has 0 saturated carbocycles. The van der Waals surface area contributed by atoms with Crippen LogP contribution in [0.5, 0.6) is 5.75 Å². The Morgan fingerprint density at radius 2 is 2.31 bits per heavy atom. The van der Waals surface area contributed by atoms with Crippen LogP contribution in [-0.4, -0.2) is 12.9 Å². The number of nitrogens with zero attached hydrogens (tertiary/aromatic N) is 1. The Bertz CT molecular complexity index is 330. The first-order valence-electron chi connectivity index (χ1n) is 4.02. The molecule has 0 amide bonds. The Kier molecular flexibility index (Phi) is 3.66. The van der Waals surface area contributed by atoms with Gasteiger partial charge in [-0.05, 0) is 24.0 Å². The Labute approximate surface area is 82.5 Å². The van der Waals surface area contributed by atoms with Gasteiger partial charge in [0.05, 0.1) is 12.7 Å². The lowest BCUT2D eigenvalue weighted by Crippen LogP contribution is -1.87. The number of hydrogen-bond donors (Lipinski definition) is 0. The molecule has 68 valence electrons. The second-order valence-electron chi connectivity index (χ2n) is 2.41. The van der Waals surface area contributed by atoms with Crippen LogP contribution >= 0.6 is 11.8 Å². The van der Waals surface area contributed by atoms with E-state index in [2.05, 4.69) is 13.0 Å². The summed E-state index contributed by atoms with van der Waals surface area (Å²) in [5.74, 6) is 1.65. The van der Waals surface area contributed by atoms with Gasteiger partial charge in [0.2, 0.25) is 0 Å². The van der Waals surface area contributed by atoms with Gasteiger partial charge in [-0.3, -0.25) is 0 Å². The number of thioether (sulfide) groups is 1. The second-order valence-corrected chi connectivity index (χ2v) is 3.74. The van der Waals surface area contributed by atoms with E-state index in [4.69, 9.17) is 10.00 Å². The van der Waals surface area contributed by atoms with E-state index in [1.165, 1.54) is 0 Å². The van der Waals surface area contributed by atoms with Gasteiger partial charge in [-0.15, -0.1) is 11.8 Å². The van der Waals surface area contributed by atoms with Crippen LogP contribution in [-0.2, 0) is 0 Å². The van der Waals surface area contributed by atoms with E-state index < -0.39 is 0 Å². The summed E-state index contributed by atoms with van der Waals surface area (Å²) in [6.45, 7) is 2.08. The van der Waals surface area contributed by atoms with E-state index in [9.17, 15) is 0 Å². The van der Waals surface area contributed by atoms with Gasteiger partial charge in [-0.25, -0.2) is 0 Å². The van der Waals surface area contributed by atoms with Crippen LogP contribution in [0.15, 0.2) is 23.1 Å². The van der Waals surface area contributed by atoms with Gasteiger partial charge >= 0.3 is 0 Å². The molecule has 2 nitrogen and oxygen atoms in total. The maximum absolute atomic E-state index is 8.80. The minimum Gasteiger partial charge on any atom is -0.495 e. The second kappa shape index (κ2) is 4.78. The highest BCUT2D eigenvalue weighted by Crippen LogP contribution is 2.24. The Hall–Kier alpha value is -1.14. The molecule has 0 aliphatic heterocycles. The number of ether oxygens (including phenoxy) is 1. The van der Waals surface area contributed by atoms with Crippen molar-refractivity contribution in [3.8, 4) is 11.8 Å². The molecule has 0 heterocycles. The number of benzene rings is 1. The zero-order valence-electron chi connectivity index (χ0n) is 7.70.